The lowest BCUT2D eigenvalue weighted by Gasteiger charge is -2.27. The van der Waals surface area contributed by atoms with E-state index in [1.165, 1.54) is 21.9 Å². The van der Waals surface area contributed by atoms with Gasteiger partial charge in [0.25, 0.3) is 0 Å². The summed E-state index contributed by atoms with van der Waals surface area (Å²) in [7, 11) is 46.1. The average molecular weight is 625 g/mol. The predicted octanol–water partition coefficient (Wildman–Crippen LogP) is 4.01. The molecule has 14 radical (unpaired) electrons. The van der Waals surface area contributed by atoms with Crippen LogP contribution in [0.4, 0.5) is 0 Å². The van der Waals surface area contributed by atoms with Gasteiger partial charge in [-0.3, -0.25) is 0 Å². The number of rotatable bonds is 3. The zero-order valence-electron chi connectivity index (χ0n) is 27.7. The molecule has 0 atom stereocenters. The Bertz CT molecular complexity index is 2880. The second-order valence-electron chi connectivity index (χ2n) is 13.2. The van der Waals surface area contributed by atoms with Gasteiger partial charge in [0.05, 0.1) is 0 Å². The predicted molar refractivity (Wildman–Crippen MR) is 228 cm³/mol. The maximum absolute atomic E-state index is 6.91. The summed E-state index contributed by atoms with van der Waals surface area (Å²) in [5.74, 6) is 0. The molecule has 0 spiro atoms. The standard InChI is InChI=1S/C44H21B7/c45-38-35(36-37(40(47)42(38)49)41(48)44(51)43(50)39(36)46)34-31-13-5-3-11-29(31)33(30-12-4-6-14-32(30)34)25-19-17-22-16-18-24(20-26(22)21-25)28-15-7-9-23-8-1-2-10-27(23)28/h1-21H. The lowest BCUT2D eigenvalue weighted by molar-refractivity contribution is 1.67. The maximum atomic E-state index is 6.91. The highest BCUT2D eigenvalue weighted by Gasteiger charge is 2.23. The van der Waals surface area contributed by atoms with Crippen LogP contribution in [0.25, 0.3) is 87.2 Å². The van der Waals surface area contributed by atoms with E-state index in [0.717, 1.165) is 49.0 Å². The van der Waals surface area contributed by atoms with Crippen molar-refractivity contribution in [2.75, 3.05) is 0 Å². The third-order valence-electron chi connectivity index (χ3n) is 10.4. The van der Waals surface area contributed by atoms with Crippen LogP contribution in [0.3, 0.4) is 0 Å². The molecule has 0 amide bonds. The first-order valence-corrected chi connectivity index (χ1v) is 16.7. The van der Waals surface area contributed by atoms with Crippen LogP contribution < -0.4 is 38.2 Å². The van der Waals surface area contributed by atoms with Crippen molar-refractivity contribution in [2.24, 2.45) is 0 Å². The fourth-order valence-electron chi connectivity index (χ4n) is 7.93. The summed E-state index contributed by atoms with van der Waals surface area (Å²) in [6.07, 6.45) is 0. The molecule has 0 aliphatic carbocycles. The number of hydrogen-bond acceptors (Lipinski definition) is 0. The minimum absolute atomic E-state index is 0.159. The molecule has 9 aromatic carbocycles. The summed E-state index contributed by atoms with van der Waals surface area (Å²) in [6.45, 7) is 0. The molecule has 0 N–H and O–H groups in total. The summed E-state index contributed by atoms with van der Waals surface area (Å²) in [5, 5.41) is 9.71. The Hall–Kier alpha value is -5.27. The van der Waals surface area contributed by atoms with Crippen LogP contribution in [0.2, 0.25) is 0 Å². The molecule has 0 heterocycles. The van der Waals surface area contributed by atoms with E-state index in [-0.39, 0.29) is 32.8 Å². The van der Waals surface area contributed by atoms with Crippen molar-refractivity contribution in [3.05, 3.63) is 127 Å². The van der Waals surface area contributed by atoms with E-state index in [2.05, 4.69) is 103 Å². The van der Waals surface area contributed by atoms with Crippen LogP contribution in [0.15, 0.2) is 127 Å². The minimum Gasteiger partial charge on any atom is -0.110 e. The molecular formula is C44H21B7. The van der Waals surface area contributed by atoms with Crippen molar-refractivity contribution in [3.8, 4) is 33.4 Å². The van der Waals surface area contributed by atoms with Gasteiger partial charge in [0.2, 0.25) is 0 Å². The molecule has 0 saturated heterocycles. The highest BCUT2D eigenvalue weighted by molar-refractivity contribution is 6.72. The summed E-state index contributed by atoms with van der Waals surface area (Å²) in [4.78, 5) is 0. The Labute approximate surface area is 306 Å². The van der Waals surface area contributed by atoms with Crippen molar-refractivity contribution in [1.82, 2.24) is 0 Å². The Kier molecular flexibility index (Phi) is 7.41. The zero-order valence-corrected chi connectivity index (χ0v) is 27.7. The van der Waals surface area contributed by atoms with E-state index >= 15 is 0 Å². The van der Waals surface area contributed by atoms with Gasteiger partial charge in [0.1, 0.15) is 54.9 Å². The molecule has 0 aliphatic heterocycles. The molecule has 0 saturated carbocycles. The topological polar surface area (TPSA) is 0 Å². The van der Waals surface area contributed by atoms with Crippen LogP contribution in [-0.4, -0.2) is 54.9 Å². The fraction of sp³-hybridized carbons (Fsp3) is 0. The monoisotopic (exact) mass is 626 g/mol. The molecule has 7 heteroatoms. The molecule has 51 heavy (non-hydrogen) atoms. The molecule has 0 nitrogen and oxygen atoms in total. The van der Waals surface area contributed by atoms with Crippen molar-refractivity contribution in [1.29, 1.82) is 0 Å². The number of hydrogen-bond donors (Lipinski definition) is 0. The van der Waals surface area contributed by atoms with Gasteiger partial charge in [0.15, 0.2) is 0 Å². The van der Waals surface area contributed by atoms with Crippen LogP contribution >= 0.6 is 0 Å². The van der Waals surface area contributed by atoms with Gasteiger partial charge in [-0.1, -0.05) is 137 Å². The van der Waals surface area contributed by atoms with Crippen LogP contribution in [0, 0.1) is 0 Å². The van der Waals surface area contributed by atoms with Crippen LogP contribution in [0.5, 0.6) is 0 Å². The second-order valence-corrected chi connectivity index (χ2v) is 13.2. The minimum atomic E-state index is 0.159. The van der Waals surface area contributed by atoms with Crippen LogP contribution in [-0.2, 0) is 0 Å². The van der Waals surface area contributed by atoms with Crippen molar-refractivity contribution >= 4 is 147 Å². The quantitative estimate of drug-likeness (QED) is 0.206. The smallest absolute Gasteiger partial charge is 0.110 e. The van der Waals surface area contributed by atoms with Gasteiger partial charge in [-0.15, -0.1) is 16.4 Å². The maximum Gasteiger partial charge on any atom is 0.113 e. The van der Waals surface area contributed by atoms with Crippen molar-refractivity contribution in [2.45, 2.75) is 0 Å². The lowest BCUT2D eigenvalue weighted by atomic mass is 9.58. The van der Waals surface area contributed by atoms with Gasteiger partial charge in [0, 0.05) is 0 Å². The van der Waals surface area contributed by atoms with E-state index < -0.39 is 0 Å². The Morgan fingerprint density at radius 2 is 0.745 bits per heavy atom. The van der Waals surface area contributed by atoms with Gasteiger partial charge >= 0.3 is 0 Å². The highest BCUT2D eigenvalue weighted by atomic mass is 14.2. The largest absolute Gasteiger partial charge is 0.113 e. The summed E-state index contributed by atoms with van der Waals surface area (Å²) in [5.41, 5.74) is 7.55. The molecule has 218 valence electrons. The molecular weight excluding hydrogens is 604 g/mol. The molecule has 9 rings (SSSR count). The second kappa shape index (κ2) is 11.9. The first kappa shape index (κ1) is 31.7. The van der Waals surface area contributed by atoms with Gasteiger partial charge in [-0.2, -0.15) is 0 Å². The first-order chi connectivity index (χ1) is 24.7. The number of benzene rings is 9. The Morgan fingerprint density at radius 3 is 1.37 bits per heavy atom. The van der Waals surface area contributed by atoms with E-state index in [9.17, 15) is 0 Å². The SMILES string of the molecule is [B]c1c([B])c([B])c2c(-c3c4ccccc4c(-c4ccc5ccc(-c6cccc7ccccc67)cc5c4)c4ccccc34)c([B])c([B])c([B])c2c1[B]. The molecule has 0 aromatic heterocycles. The molecule has 0 fully saturated rings. The Morgan fingerprint density at radius 1 is 0.275 bits per heavy atom. The summed E-state index contributed by atoms with van der Waals surface area (Å²) < 4.78 is 0. The van der Waals surface area contributed by atoms with E-state index in [0.29, 0.717) is 21.8 Å². The molecule has 0 bridgehead atoms. The van der Waals surface area contributed by atoms with E-state index in [4.69, 9.17) is 54.9 Å². The highest BCUT2D eigenvalue weighted by Crippen LogP contribution is 2.45. The molecule has 9 aromatic rings. The number of fused-ring (bicyclic) bond motifs is 5. The Balaban J connectivity index is 1.36. The normalized spacial score (nSPS) is 11.7. The first-order valence-electron chi connectivity index (χ1n) is 16.7. The van der Waals surface area contributed by atoms with Gasteiger partial charge in [-0.05, 0) is 99.4 Å². The zero-order chi connectivity index (χ0) is 35.1. The third-order valence-corrected chi connectivity index (χ3v) is 10.4. The fourth-order valence-corrected chi connectivity index (χ4v) is 7.93. The lowest BCUT2D eigenvalue weighted by Crippen LogP contribution is -2.52. The average Bonchev–Trinajstić information content (AvgIpc) is 3.17. The van der Waals surface area contributed by atoms with E-state index in [1.54, 1.807) is 0 Å². The van der Waals surface area contributed by atoms with Gasteiger partial charge in [-0.25, -0.2) is 0 Å². The molecule has 0 aliphatic rings. The van der Waals surface area contributed by atoms with Crippen molar-refractivity contribution in [3.63, 3.8) is 0 Å². The third kappa shape index (κ3) is 4.71. The van der Waals surface area contributed by atoms with E-state index in [1.807, 2.05) is 24.3 Å². The summed E-state index contributed by atoms with van der Waals surface area (Å²) in [6, 6.07) is 44.9. The summed E-state index contributed by atoms with van der Waals surface area (Å²) >= 11 is 0. The van der Waals surface area contributed by atoms with Crippen molar-refractivity contribution < 1.29 is 0 Å². The van der Waals surface area contributed by atoms with Crippen LogP contribution in [0.1, 0.15) is 0 Å². The molecule has 0 unspecified atom stereocenters. The van der Waals surface area contributed by atoms with Gasteiger partial charge < -0.3 is 0 Å².